The van der Waals surface area contributed by atoms with E-state index in [-0.39, 0.29) is 17.7 Å². The second kappa shape index (κ2) is 4.68. The number of carbonyl (C=O) groups is 1. The minimum Gasteiger partial charge on any atom is -0.358 e. The van der Waals surface area contributed by atoms with Gasteiger partial charge >= 0.3 is 6.18 Å². The zero-order chi connectivity index (χ0) is 13.2. The van der Waals surface area contributed by atoms with Gasteiger partial charge in [-0.1, -0.05) is 30.3 Å². The summed E-state index contributed by atoms with van der Waals surface area (Å²) in [5.41, 5.74) is -0.0889. The number of aromatic nitrogens is 1. The minimum atomic E-state index is -4.46. The Kier molecular flexibility index (Phi) is 3.23. The van der Waals surface area contributed by atoms with Gasteiger partial charge in [0, 0.05) is 12.6 Å². The Morgan fingerprint density at radius 2 is 1.83 bits per heavy atom. The van der Waals surface area contributed by atoms with Crippen molar-refractivity contribution in [1.82, 2.24) is 4.98 Å². The number of hydrogen-bond acceptors (Lipinski definition) is 1. The maximum atomic E-state index is 12.8. The fourth-order valence-electron chi connectivity index (χ4n) is 1.82. The van der Waals surface area contributed by atoms with Crippen molar-refractivity contribution >= 4 is 6.29 Å². The van der Waals surface area contributed by atoms with Gasteiger partial charge in [-0.3, -0.25) is 4.79 Å². The fourth-order valence-corrected chi connectivity index (χ4v) is 1.82. The van der Waals surface area contributed by atoms with Crippen molar-refractivity contribution in [2.24, 2.45) is 0 Å². The highest BCUT2D eigenvalue weighted by atomic mass is 19.4. The third-order valence-corrected chi connectivity index (χ3v) is 2.67. The number of benzene rings is 1. The molecule has 1 aromatic heterocycles. The van der Waals surface area contributed by atoms with Gasteiger partial charge in [0.2, 0.25) is 0 Å². The Morgan fingerprint density at radius 1 is 1.17 bits per heavy atom. The number of nitrogens with one attached hydrogen (secondary N) is 1. The average Bonchev–Trinajstić information content (AvgIpc) is 2.73. The number of hydrogen-bond donors (Lipinski definition) is 1. The maximum Gasteiger partial charge on any atom is 0.418 e. The topological polar surface area (TPSA) is 32.9 Å². The third kappa shape index (κ3) is 2.45. The van der Waals surface area contributed by atoms with E-state index in [0.29, 0.717) is 6.29 Å². The van der Waals surface area contributed by atoms with Crippen LogP contribution >= 0.6 is 0 Å². The van der Waals surface area contributed by atoms with Crippen LogP contribution in [0.3, 0.4) is 0 Å². The van der Waals surface area contributed by atoms with E-state index in [9.17, 15) is 18.0 Å². The molecule has 2 rings (SSSR count). The van der Waals surface area contributed by atoms with Crippen LogP contribution < -0.4 is 0 Å². The van der Waals surface area contributed by atoms with Crippen LogP contribution in [-0.4, -0.2) is 11.3 Å². The second-order valence-electron chi connectivity index (χ2n) is 3.87. The molecule has 94 valence electrons. The van der Waals surface area contributed by atoms with E-state index in [4.69, 9.17) is 0 Å². The Balaban J connectivity index is 2.42. The molecule has 1 aromatic carbocycles. The summed E-state index contributed by atoms with van der Waals surface area (Å²) >= 11 is 0. The van der Waals surface area contributed by atoms with Gasteiger partial charge in [0.15, 0.2) is 6.29 Å². The predicted octanol–water partition coefficient (Wildman–Crippen LogP) is 3.44. The van der Waals surface area contributed by atoms with Gasteiger partial charge in [0.1, 0.15) is 0 Å². The lowest BCUT2D eigenvalue weighted by Gasteiger charge is -2.08. The quantitative estimate of drug-likeness (QED) is 0.835. The van der Waals surface area contributed by atoms with Gasteiger partial charge in [0.05, 0.1) is 11.3 Å². The molecule has 0 unspecified atom stereocenters. The minimum absolute atomic E-state index is 0.0105. The van der Waals surface area contributed by atoms with Crippen molar-refractivity contribution in [3.8, 4) is 0 Å². The van der Waals surface area contributed by atoms with E-state index in [2.05, 4.69) is 4.98 Å². The summed E-state index contributed by atoms with van der Waals surface area (Å²) in [6, 6.07) is 8.72. The first-order valence-corrected chi connectivity index (χ1v) is 5.29. The van der Waals surface area contributed by atoms with E-state index in [1.165, 1.54) is 0 Å². The van der Waals surface area contributed by atoms with E-state index in [0.717, 1.165) is 11.8 Å². The number of aldehydes is 1. The van der Waals surface area contributed by atoms with Gasteiger partial charge < -0.3 is 4.98 Å². The van der Waals surface area contributed by atoms with Crippen LogP contribution in [0.2, 0.25) is 0 Å². The predicted molar refractivity (Wildman–Crippen MR) is 60.4 cm³/mol. The maximum absolute atomic E-state index is 12.8. The molecule has 0 spiro atoms. The summed E-state index contributed by atoms with van der Waals surface area (Å²) in [5.74, 6) is 0. The summed E-state index contributed by atoms with van der Waals surface area (Å²) in [5, 5.41) is 0. The molecule has 0 aliphatic heterocycles. The first kappa shape index (κ1) is 12.4. The van der Waals surface area contributed by atoms with Gasteiger partial charge in [-0.05, 0) is 11.1 Å². The van der Waals surface area contributed by atoms with E-state index in [1.807, 2.05) is 0 Å². The summed E-state index contributed by atoms with van der Waals surface area (Å²) in [6.07, 6.45) is -3.13. The monoisotopic (exact) mass is 253 g/mol. The molecule has 0 aliphatic rings. The zero-order valence-electron chi connectivity index (χ0n) is 9.29. The molecule has 0 fully saturated rings. The molecule has 0 bridgehead atoms. The SMILES string of the molecule is O=Cc1[nH]cc(C(F)(F)F)c1Cc1ccccc1. The number of rotatable bonds is 3. The molecule has 0 amide bonds. The standard InChI is InChI=1S/C13H10F3NO/c14-13(15,16)11-7-17-12(8-18)10(11)6-9-4-2-1-3-5-9/h1-5,7-8,17H,6H2. The number of H-pyrrole nitrogens is 1. The van der Waals surface area contributed by atoms with Gasteiger partial charge in [-0.15, -0.1) is 0 Å². The molecule has 5 heteroatoms. The molecule has 0 radical (unpaired) electrons. The zero-order valence-corrected chi connectivity index (χ0v) is 9.29. The number of alkyl halides is 3. The lowest BCUT2D eigenvalue weighted by Crippen LogP contribution is -2.08. The van der Waals surface area contributed by atoms with Crippen molar-refractivity contribution < 1.29 is 18.0 Å². The number of halogens is 3. The van der Waals surface area contributed by atoms with Crippen molar-refractivity contribution in [1.29, 1.82) is 0 Å². The second-order valence-corrected chi connectivity index (χ2v) is 3.87. The largest absolute Gasteiger partial charge is 0.418 e. The van der Waals surface area contributed by atoms with Gasteiger partial charge in [-0.25, -0.2) is 0 Å². The van der Waals surface area contributed by atoms with Crippen LogP contribution in [0.25, 0.3) is 0 Å². The van der Waals surface area contributed by atoms with E-state index < -0.39 is 11.7 Å². The van der Waals surface area contributed by atoms with Crippen molar-refractivity contribution in [3.63, 3.8) is 0 Å². The number of aromatic amines is 1. The Morgan fingerprint density at radius 3 is 2.39 bits per heavy atom. The molecule has 0 aliphatic carbocycles. The first-order chi connectivity index (χ1) is 8.52. The molecular formula is C13H10F3NO. The van der Waals surface area contributed by atoms with E-state index in [1.54, 1.807) is 30.3 Å². The molecule has 1 N–H and O–H groups in total. The first-order valence-electron chi connectivity index (χ1n) is 5.29. The average molecular weight is 253 g/mol. The molecule has 2 aromatic rings. The lowest BCUT2D eigenvalue weighted by atomic mass is 10.0. The smallest absolute Gasteiger partial charge is 0.358 e. The van der Waals surface area contributed by atoms with Crippen molar-refractivity contribution in [2.45, 2.75) is 12.6 Å². The molecule has 2 nitrogen and oxygen atoms in total. The third-order valence-electron chi connectivity index (χ3n) is 2.67. The summed E-state index contributed by atoms with van der Waals surface area (Å²) in [4.78, 5) is 13.1. The van der Waals surface area contributed by atoms with Crippen LogP contribution in [0.15, 0.2) is 36.5 Å². The summed E-state index contributed by atoms with van der Waals surface area (Å²) < 4.78 is 38.3. The van der Waals surface area contributed by atoms with Crippen LogP contribution in [-0.2, 0) is 12.6 Å². The molecule has 1 heterocycles. The van der Waals surface area contributed by atoms with Crippen LogP contribution in [0.5, 0.6) is 0 Å². The fraction of sp³-hybridized carbons (Fsp3) is 0.154. The highest BCUT2D eigenvalue weighted by Crippen LogP contribution is 2.34. The summed E-state index contributed by atoms with van der Waals surface area (Å²) in [7, 11) is 0. The molecule has 0 saturated carbocycles. The molecule has 0 saturated heterocycles. The highest BCUT2D eigenvalue weighted by molar-refractivity contribution is 5.76. The number of carbonyl (C=O) groups excluding carboxylic acids is 1. The molecular weight excluding hydrogens is 243 g/mol. The van der Waals surface area contributed by atoms with Crippen LogP contribution in [0, 0.1) is 0 Å². The van der Waals surface area contributed by atoms with Gasteiger partial charge in [-0.2, -0.15) is 13.2 Å². The normalized spacial score (nSPS) is 11.5. The Bertz CT molecular complexity index is 543. The summed E-state index contributed by atoms with van der Waals surface area (Å²) in [6.45, 7) is 0. The Labute approximate surface area is 101 Å². The molecule has 0 atom stereocenters. The molecule has 18 heavy (non-hydrogen) atoms. The van der Waals surface area contributed by atoms with E-state index >= 15 is 0 Å². The van der Waals surface area contributed by atoms with Crippen LogP contribution in [0.1, 0.15) is 27.2 Å². The lowest BCUT2D eigenvalue weighted by molar-refractivity contribution is -0.138. The van der Waals surface area contributed by atoms with Gasteiger partial charge in [0.25, 0.3) is 0 Å². The van der Waals surface area contributed by atoms with Crippen molar-refractivity contribution in [2.75, 3.05) is 0 Å². The highest BCUT2D eigenvalue weighted by Gasteiger charge is 2.35. The van der Waals surface area contributed by atoms with Crippen LogP contribution in [0.4, 0.5) is 13.2 Å². The van der Waals surface area contributed by atoms with Crippen molar-refractivity contribution in [3.05, 3.63) is 58.9 Å². The Hall–Kier alpha value is -2.04.